The molecule has 51 heavy (non-hydrogen) atoms. The summed E-state index contributed by atoms with van der Waals surface area (Å²) in [6, 6.07) is 22.9. The predicted molar refractivity (Wildman–Crippen MR) is 185 cm³/mol. The number of imide groups is 2. The van der Waals surface area contributed by atoms with E-state index in [1.54, 1.807) is 36.4 Å². The fourth-order valence-corrected chi connectivity index (χ4v) is 9.03. The van der Waals surface area contributed by atoms with Gasteiger partial charge in [0.15, 0.2) is 11.6 Å². The van der Waals surface area contributed by atoms with Crippen molar-refractivity contribution in [3.63, 3.8) is 0 Å². The van der Waals surface area contributed by atoms with Crippen molar-refractivity contribution < 1.29 is 33.1 Å². The Morgan fingerprint density at radius 2 is 1.57 bits per heavy atom. The number of carbonyl (C=O) groups excluding carboxylic acids is 4. The molecule has 11 heteroatoms. The van der Waals surface area contributed by atoms with E-state index in [1.165, 1.54) is 41.3 Å². The first-order chi connectivity index (χ1) is 24.6. The monoisotopic (exact) mass is 707 g/mol. The van der Waals surface area contributed by atoms with Crippen molar-refractivity contribution in [2.45, 2.75) is 37.5 Å². The zero-order valence-corrected chi connectivity index (χ0v) is 28.1. The standard InChI is InChI=1S/C40H32ClF2N3O5/c1-2-21-6-16-26(17-7-21)45-36(48)28-19-18-27-30(33(28)38(45)50)20-31-37(49)46(44-25-14-12-24(42)13-15-25)39(51)40(31,22-8-10-23(41)11-9-22)34(27)29-4-3-5-32(43)35(29)47/h3-18,28,30-31,33-34,44,47H,2,19-20H2,1H3. The number of carbonyl (C=O) groups is 4. The highest BCUT2D eigenvalue weighted by atomic mass is 35.5. The third-order valence-electron chi connectivity index (χ3n) is 11.2. The van der Waals surface area contributed by atoms with Gasteiger partial charge in [0.05, 0.1) is 34.5 Å². The molecule has 0 aromatic heterocycles. The van der Waals surface area contributed by atoms with Crippen LogP contribution in [0.4, 0.5) is 20.2 Å². The zero-order chi connectivity index (χ0) is 35.8. The van der Waals surface area contributed by atoms with E-state index in [0.717, 1.165) is 23.1 Å². The Morgan fingerprint density at radius 3 is 2.25 bits per heavy atom. The van der Waals surface area contributed by atoms with E-state index in [2.05, 4.69) is 5.43 Å². The highest BCUT2D eigenvalue weighted by molar-refractivity contribution is 6.30. The van der Waals surface area contributed by atoms with E-state index in [-0.39, 0.29) is 30.0 Å². The van der Waals surface area contributed by atoms with Gasteiger partial charge in [-0.1, -0.05) is 66.6 Å². The summed E-state index contributed by atoms with van der Waals surface area (Å²) in [4.78, 5) is 59.4. The largest absolute Gasteiger partial charge is 0.505 e. The van der Waals surface area contributed by atoms with E-state index < -0.39 is 70.1 Å². The fourth-order valence-electron chi connectivity index (χ4n) is 8.90. The van der Waals surface area contributed by atoms with Crippen LogP contribution in [-0.4, -0.2) is 33.7 Å². The van der Waals surface area contributed by atoms with Crippen molar-refractivity contribution in [2.75, 3.05) is 10.3 Å². The molecule has 0 bridgehead atoms. The Hall–Kier alpha value is -5.35. The first kappa shape index (κ1) is 32.8. The van der Waals surface area contributed by atoms with E-state index in [9.17, 15) is 23.9 Å². The summed E-state index contributed by atoms with van der Waals surface area (Å²) in [5.74, 6) is -8.73. The number of hydrazine groups is 1. The number of phenolic OH excluding ortho intramolecular Hbond substituents is 1. The van der Waals surface area contributed by atoms with Crippen LogP contribution in [0.3, 0.4) is 0 Å². The van der Waals surface area contributed by atoms with Crippen LogP contribution >= 0.6 is 11.6 Å². The maximum atomic E-state index is 15.3. The molecule has 3 fully saturated rings. The Bertz CT molecular complexity index is 2140. The zero-order valence-electron chi connectivity index (χ0n) is 27.4. The van der Waals surface area contributed by atoms with Gasteiger partial charge >= 0.3 is 0 Å². The van der Waals surface area contributed by atoms with Crippen molar-refractivity contribution in [1.29, 1.82) is 0 Å². The molecule has 0 radical (unpaired) electrons. The molecule has 2 aliphatic carbocycles. The molecule has 4 aromatic rings. The normalized spacial score (nSPS) is 26.9. The highest BCUT2D eigenvalue weighted by Gasteiger charge is 2.70. The average molecular weight is 708 g/mol. The molecule has 6 atom stereocenters. The molecule has 258 valence electrons. The first-order valence-corrected chi connectivity index (χ1v) is 17.2. The summed E-state index contributed by atoms with van der Waals surface area (Å²) in [5, 5.41) is 12.6. The molecule has 2 N–H and O–H groups in total. The second kappa shape index (κ2) is 12.2. The van der Waals surface area contributed by atoms with Gasteiger partial charge < -0.3 is 5.11 Å². The second-order valence-electron chi connectivity index (χ2n) is 13.6. The maximum absolute atomic E-state index is 15.3. The van der Waals surface area contributed by atoms with Crippen LogP contribution in [0.15, 0.2) is 103 Å². The Kier molecular flexibility index (Phi) is 7.83. The van der Waals surface area contributed by atoms with Gasteiger partial charge in [-0.3, -0.25) is 29.5 Å². The van der Waals surface area contributed by atoms with Gasteiger partial charge in [0.1, 0.15) is 5.82 Å². The molecule has 2 aliphatic heterocycles. The first-order valence-electron chi connectivity index (χ1n) is 16.9. The number of nitrogens with zero attached hydrogens (tertiary/aromatic N) is 2. The number of aryl methyl sites for hydroxylation is 1. The summed E-state index contributed by atoms with van der Waals surface area (Å²) in [6.45, 7) is 2.01. The SMILES string of the molecule is CCc1ccc(N2C(=O)C3CC=C4C(CC5C(=O)N(Nc6ccc(F)cc6)C(=O)C5(c5ccc(Cl)cc5)C4c4cccc(F)c4O)C3C2=O)cc1. The number of fused-ring (bicyclic) bond motifs is 4. The topological polar surface area (TPSA) is 107 Å². The average Bonchev–Trinajstić information content (AvgIpc) is 3.51. The van der Waals surface area contributed by atoms with Gasteiger partial charge in [0.25, 0.3) is 11.8 Å². The molecule has 4 amide bonds. The number of rotatable bonds is 6. The minimum atomic E-state index is -1.74. The molecule has 6 unspecified atom stereocenters. The van der Waals surface area contributed by atoms with Crippen LogP contribution in [0, 0.1) is 35.3 Å². The van der Waals surface area contributed by atoms with Gasteiger partial charge in [0.2, 0.25) is 11.8 Å². The molecule has 1 saturated carbocycles. The predicted octanol–water partition coefficient (Wildman–Crippen LogP) is 7.08. The lowest BCUT2D eigenvalue weighted by Crippen LogP contribution is -2.53. The number of aromatic hydroxyl groups is 1. The van der Waals surface area contributed by atoms with Crippen LogP contribution in [0.5, 0.6) is 5.75 Å². The lowest BCUT2D eigenvalue weighted by Gasteiger charge is -2.50. The Balaban J connectivity index is 1.32. The van der Waals surface area contributed by atoms with Gasteiger partial charge in [-0.05, 0) is 90.9 Å². The van der Waals surface area contributed by atoms with Crippen LogP contribution < -0.4 is 10.3 Å². The van der Waals surface area contributed by atoms with Gasteiger partial charge in [0, 0.05) is 16.5 Å². The van der Waals surface area contributed by atoms with Gasteiger partial charge in [-0.25, -0.2) is 8.78 Å². The minimum absolute atomic E-state index is 0.00993. The maximum Gasteiger partial charge on any atom is 0.260 e. The van der Waals surface area contributed by atoms with Crippen LogP contribution in [0.25, 0.3) is 0 Å². The quantitative estimate of drug-likeness (QED) is 0.164. The number of allylic oxidation sites excluding steroid dienone is 2. The van der Waals surface area contributed by atoms with Crippen molar-refractivity contribution >= 4 is 46.6 Å². The molecule has 0 spiro atoms. The lowest BCUT2D eigenvalue weighted by molar-refractivity contribution is -0.138. The molecular weight excluding hydrogens is 676 g/mol. The Morgan fingerprint density at radius 1 is 0.863 bits per heavy atom. The van der Waals surface area contributed by atoms with Gasteiger partial charge in [-0.15, -0.1) is 0 Å². The summed E-state index contributed by atoms with van der Waals surface area (Å²) in [6.07, 6.45) is 2.79. The fraction of sp³-hybridized carbons (Fsp3) is 0.250. The number of hydrogen-bond acceptors (Lipinski definition) is 6. The molecule has 2 heterocycles. The van der Waals surface area contributed by atoms with Gasteiger partial charge in [-0.2, -0.15) is 5.01 Å². The summed E-state index contributed by atoms with van der Waals surface area (Å²) < 4.78 is 29.1. The number of amides is 4. The molecular formula is C40H32ClF2N3O5. The number of halogens is 3. The molecule has 4 aromatic carbocycles. The molecule has 2 saturated heterocycles. The number of hydrogen-bond donors (Lipinski definition) is 2. The number of anilines is 2. The van der Waals surface area contributed by atoms with E-state index in [1.807, 2.05) is 25.1 Å². The lowest BCUT2D eigenvalue weighted by atomic mass is 9.49. The van der Waals surface area contributed by atoms with Crippen molar-refractivity contribution in [2.24, 2.45) is 23.7 Å². The summed E-state index contributed by atoms with van der Waals surface area (Å²) in [7, 11) is 0. The van der Waals surface area contributed by atoms with Crippen molar-refractivity contribution in [3.05, 3.63) is 136 Å². The van der Waals surface area contributed by atoms with Crippen molar-refractivity contribution in [3.8, 4) is 5.75 Å². The smallest absolute Gasteiger partial charge is 0.260 e. The van der Waals surface area contributed by atoms with Crippen molar-refractivity contribution in [1.82, 2.24) is 5.01 Å². The Labute approximate surface area is 297 Å². The van der Waals surface area contributed by atoms with Crippen LogP contribution in [0.2, 0.25) is 5.02 Å². The number of benzene rings is 4. The molecule has 4 aliphatic rings. The van der Waals surface area contributed by atoms with Crippen LogP contribution in [0.1, 0.15) is 42.4 Å². The molecule has 8 nitrogen and oxygen atoms in total. The van der Waals surface area contributed by atoms with Crippen LogP contribution in [-0.2, 0) is 31.0 Å². The third-order valence-corrected chi connectivity index (χ3v) is 11.4. The van der Waals surface area contributed by atoms with E-state index in [4.69, 9.17) is 11.6 Å². The summed E-state index contributed by atoms with van der Waals surface area (Å²) in [5.41, 5.74) is 3.93. The van der Waals surface area contributed by atoms with E-state index in [0.29, 0.717) is 21.8 Å². The minimum Gasteiger partial charge on any atom is -0.505 e. The number of nitrogens with one attached hydrogen (secondary N) is 1. The second-order valence-corrected chi connectivity index (χ2v) is 14.0. The number of phenols is 1. The molecule has 8 rings (SSSR count). The summed E-state index contributed by atoms with van der Waals surface area (Å²) >= 11 is 6.31. The number of para-hydroxylation sites is 1. The van der Waals surface area contributed by atoms with E-state index >= 15 is 9.18 Å². The highest BCUT2D eigenvalue weighted by Crippen LogP contribution is 2.65. The third kappa shape index (κ3) is 4.83.